The van der Waals surface area contributed by atoms with Gasteiger partial charge in [0.05, 0.1) is 0 Å². The summed E-state index contributed by atoms with van der Waals surface area (Å²) in [5.74, 6) is -0.0397. The topological polar surface area (TPSA) is 26.3 Å². The number of halogens is 2. The van der Waals surface area contributed by atoms with Crippen molar-refractivity contribution in [3.63, 3.8) is 0 Å². The summed E-state index contributed by atoms with van der Waals surface area (Å²) < 4.78 is 18.9. The maximum atomic E-state index is 13.0. The van der Waals surface area contributed by atoms with Crippen molar-refractivity contribution < 1.29 is 13.9 Å². The van der Waals surface area contributed by atoms with E-state index < -0.39 is 11.9 Å². The van der Waals surface area contributed by atoms with Gasteiger partial charge in [-0.3, -0.25) is 4.79 Å². The lowest BCUT2D eigenvalue weighted by Crippen LogP contribution is -2.22. The maximum absolute atomic E-state index is 13.0. The Kier molecular flexibility index (Phi) is 4.27. The second kappa shape index (κ2) is 5.26. The molecule has 1 aromatic carbocycles. The van der Waals surface area contributed by atoms with Gasteiger partial charge in [-0.1, -0.05) is 22.9 Å². The van der Waals surface area contributed by atoms with Gasteiger partial charge < -0.3 is 4.74 Å². The smallest absolute Gasteiger partial charge is 0.172 e. The number of rotatable bonds is 4. The Morgan fingerprint density at radius 2 is 2.20 bits per heavy atom. The molecule has 0 bridgehead atoms. The van der Waals surface area contributed by atoms with Crippen molar-refractivity contribution in [2.24, 2.45) is 0 Å². The monoisotopic (exact) mass is 274 g/mol. The number of benzene rings is 1. The largest absolute Gasteiger partial charge is 0.483 e. The van der Waals surface area contributed by atoms with E-state index in [2.05, 4.69) is 15.9 Å². The van der Waals surface area contributed by atoms with Crippen LogP contribution in [-0.4, -0.2) is 11.9 Å². The Hall–Kier alpha value is -0.900. The van der Waals surface area contributed by atoms with Gasteiger partial charge in [-0.25, -0.2) is 4.39 Å². The van der Waals surface area contributed by atoms with Crippen LogP contribution in [-0.2, 0) is 4.79 Å². The van der Waals surface area contributed by atoms with Gasteiger partial charge >= 0.3 is 0 Å². The number of ketones is 1. The molecule has 1 aromatic rings. The quantitative estimate of drug-likeness (QED) is 0.842. The van der Waals surface area contributed by atoms with Gasteiger partial charge in [-0.2, -0.15) is 0 Å². The Morgan fingerprint density at radius 1 is 1.53 bits per heavy atom. The summed E-state index contributed by atoms with van der Waals surface area (Å²) in [6.07, 6.45) is -0.124. The number of hydrogen-bond donors (Lipinski definition) is 0. The molecular formula is C11H12BrFO2. The molecule has 1 rings (SSSR count). The average Bonchev–Trinajstić information content (AvgIpc) is 2.14. The summed E-state index contributed by atoms with van der Waals surface area (Å²) in [5.41, 5.74) is 0. The van der Waals surface area contributed by atoms with E-state index in [1.807, 2.05) is 0 Å². The fraction of sp³-hybridized carbons (Fsp3) is 0.364. The van der Waals surface area contributed by atoms with E-state index in [-0.39, 0.29) is 5.78 Å². The van der Waals surface area contributed by atoms with E-state index in [4.69, 9.17) is 4.74 Å². The van der Waals surface area contributed by atoms with Crippen molar-refractivity contribution in [3.8, 4) is 5.75 Å². The molecule has 0 N–H and O–H groups in total. The molecule has 0 aliphatic rings. The van der Waals surface area contributed by atoms with E-state index in [0.29, 0.717) is 16.6 Å². The molecule has 0 saturated heterocycles. The highest BCUT2D eigenvalue weighted by Crippen LogP contribution is 2.21. The highest BCUT2D eigenvalue weighted by Gasteiger charge is 2.12. The molecule has 0 heterocycles. The molecule has 15 heavy (non-hydrogen) atoms. The van der Waals surface area contributed by atoms with Crippen LogP contribution >= 0.6 is 15.9 Å². The van der Waals surface area contributed by atoms with Gasteiger partial charge in [0.15, 0.2) is 11.9 Å². The molecule has 0 fully saturated rings. The number of carbonyl (C=O) groups is 1. The highest BCUT2D eigenvalue weighted by molar-refractivity contribution is 9.10. The minimum Gasteiger partial charge on any atom is -0.483 e. The van der Waals surface area contributed by atoms with Crippen molar-refractivity contribution in [2.45, 2.75) is 26.4 Å². The van der Waals surface area contributed by atoms with Crippen LogP contribution < -0.4 is 4.74 Å². The number of Topliss-reactive ketones (excluding diaryl/α,β-unsaturated/α-hetero) is 1. The predicted molar refractivity (Wildman–Crippen MR) is 59.5 cm³/mol. The van der Waals surface area contributed by atoms with Crippen molar-refractivity contribution in [3.05, 3.63) is 28.5 Å². The van der Waals surface area contributed by atoms with Gasteiger partial charge in [0.1, 0.15) is 11.6 Å². The first-order valence-corrected chi connectivity index (χ1v) is 5.47. The van der Waals surface area contributed by atoms with Crippen molar-refractivity contribution in [1.29, 1.82) is 0 Å². The Balaban J connectivity index is 2.76. The average molecular weight is 275 g/mol. The highest BCUT2D eigenvalue weighted by atomic mass is 79.9. The van der Waals surface area contributed by atoms with E-state index in [0.717, 1.165) is 0 Å². The first-order chi connectivity index (χ1) is 7.02. The summed E-state index contributed by atoms with van der Waals surface area (Å²) in [4.78, 5) is 11.3. The summed E-state index contributed by atoms with van der Waals surface area (Å²) in [6.45, 7) is 3.42. The molecule has 0 aliphatic carbocycles. The van der Waals surface area contributed by atoms with Gasteiger partial charge in [-0.05, 0) is 19.1 Å². The third-order valence-electron chi connectivity index (χ3n) is 1.95. The summed E-state index contributed by atoms with van der Waals surface area (Å²) in [5, 5.41) is 0. The molecule has 0 radical (unpaired) electrons. The molecule has 0 saturated carbocycles. The van der Waals surface area contributed by atoms with Crippen molar-refractivity contribution >= 4 is 21.7 Å². The lowest BCUT2D eigenvalue weighted by Gasteiger charge is -2.12. The van der Waals surface area contributed by atoms with Crippen LogP contribution in [0.1, 0.15) is 20.3 Å². The van der Waals surface area contributed by atoms with Gasteiger partial charge in [0, 0.05) is 17.0 Å². The van der Waals surface area contributed by atoms with Gasteiger partial charge in [0.2, 0.25) is 0 Å². The molecule has 0 aromatic heterocycles. The molecule has 0 spiro atoms. The number of carbonyl (C=O) groups excluding carboxylic acids is 1. The first-order valence-electron chi connectivity index (χ1n) is 4.68. The van der Waals surface area contributed by atoms with E-state index in [1.54, 1.807) is 19.9 Å². The Morgan fingerprint density at radius 3 is 2.73 bits per heavy atom. The van der Waals surface area contributed by atoms with Crippen LogP contribution in [0.15, 0.2) is 22.7 Å². The molecule has 4 heteroatoms. The normalized spacial score (nSPS) is 12.3. The van der Waals surface area contributed by atoms with E-state index in [1.165, 1.54) is 12.1 Å². The van der Waals surface area contributed by atoms with Crippen LogP contribution in [0.3, 0.4) is 0 Å². The van der Waals surface area contributed by atoms with Crippen LogP contribution in [0, 0.1) is 5.82 Å². The lowest BCUT2D eigenvalue weighted by atomic mass is 10.2. The molecule has 0 aliphatic heterocycles. The molecular weight excluding hydrogens is 263 g/mol. The summed E-state index contributed by atoms with van der Waals surface area (Å²) in [7, 11) is 0. The standard InChI is InChI=1S/C11H12BrFO2/c1-3-11(14)7(2)15-10-5-8(12)4-9(13)6-10/h4-7H,3H2,1-2H3. The van der Waals surface area contributed by atoms with Gasteiger partial charge in [-0.15, -0.1) is 0 Å². The second-order valence-corrected chi connectivity index (χ2v) is 4.10. The number of ether oxygens (including phenoxy) is 1. The maximum Gasteiger partial charge on any atom is 0.172 e. The Labute approximate surface area is 96.6 Å². The molecule has 2 nitrogen and oxygen atoms in total. The van der Waals surface area contributed by atoms with Gasteiger partial charge in [0.25, 0.3) is 0 Å². The molecule has 0 amide bonds. The van der Waals surface area contributed by atoms with Crippen molar-refractivity contribution in [1.82, 2.24) is 0 Å². The van der Waals surface area contributed by atoms with Crippen LogP contribution in [0.4, 0.5) is 4.39 Å². The SMILES string of the molecule is CCC(=O)C(C)Oc1cc(F)cc(Br)c1. The minimum atomic E-state index is -0.538. The zero-order valence-electron chi connectivity index (χ0n) is 8.59. The van der Waals surface area contributed by atoms with Crippen LogP contribution in [0.25, 0.3) is 0 Å². The second-order valence-electron chi connectivity index (χ2n) is 3.19. The molecule has 1 unspecified atom stereocenters. The fourth-order valence-electron chi connectivity index (χ4n) is 1.15. The zero-order valence-corrected chi connectivity index (χ0v) is 10.2. The lowest BCUT2D eigenvalue weighted by molar-refractivity contribution is -0.124. The summed E-state index contributed by atoms with van der Waals surface area (Å²) in [6, 6.07) is 4.21. The zero-order chi connectivity index (χ0) is 11.4. The third-order valence-corrected chi connectivity index (χ3v) is 2.41. The van der Waals surface area contributed by atoms with Crippen molar-refractivity contribution in [2.75, 3.05) is 0 Å². The first kappa shape index (κ1) is 12.2. The summed E-state index contributed by atoms with van der Waals surface area (Å²) >= 11 is 3.15. The van der Waals surface area contributed by atoms with Crippen LogP contribution in [0.5, 0.6) is 5.75 Å². The number of hydrogen-bond acceptors (Lipinski definition) is 2. The van der Waals surface area contributed by atoms with E-state index in [9.17, 15) is 9.18 Å². The minimum absolute atomic E-state index is 0.00427. The van der Waals surface area contributed by atoms with Crippen LogP contribution in [0.2, 0.25) is 0 Å². The fourth-order valence-corrected chi connectivity index (χ4v) is 1.60. The molecule has 82 valence electrons. The Bertz CT molecular complexity index is 345. The van der Waals surface area contributed by atoms with E-state index >= 15 is 0 Å². The third kappa shape index (κ3) is 3.63. The molecule has 1 atom stereocenters. The predicted octanol–water partition coefficient (Wildman–Crippen LogP) is 3.33.